The van der Waals surface area contributed by atoms with Crippen LogP contribution in [-0.4, -0.2) is 60.1 Å². The first-order valence-electron chi connectivity index (χ1n) is 6.01. The van der Waals surface area contributed by atoms with Gasteiger partial charge in [-0.25, -0.2) is 8.42 Å². The number of carbonyl (C=O) groups excluding carboxylic acids is 1. The van der Waals surface area contributed by atoms with E-state index in [9.17, 15) is 13.2 Å². The number of carbonyl (C=O) groups is 1. The topological polar surface area (TPSA) is 92.3 Å². The van der Waals surface area contributed by atoms with Crippen LogP contribution >= 0.6 is 11.3 Å². The lowest BCUT2D eigenvalue weighted by Crippen LogP contribution is -2.49. The lowest BCUT2D eigenvalue weighted by atomic mass is 10.3. The second-order valence-electron chi connectivity index (χ2n) is 4.40. The summed E-state index contributed by atoms with van der Waals surface area (Å²) < 4.78 is 23.0. The van der Waals surface area contributed by atoms with Crippen molar-refractivity contribution in [3.8, 4) is 0 Å². The van der Waals surface area contributed by atoms with Gasteiger partial charge in [0.1, 0.15) is 0 Å². The normalized spacial score (nSPS) is 22.2. The summed E-state index contributed by atoms with van der Waals surface area (Å²) in [5.41, 5.74) is 0. The van der Waals surface area contributed by atoms with Gasteiger partial charge in [-0.15, -0.1) is 10.2 Å². The summed E-state index contributed by atoms with van der Waals surface area (Å²) >= 11 is 1.19. The van der Waals surface area contributed by atoms with Crippen LogP contribution in [0.1, 0.15) is 23.6 Å². The smallest absolute Gasteiger partial charge is 0.285 e. The molecule has 2 rings (SSSR count). The summed E-state index contributed by atoms with van der Waals surface area (Å²) in [5.74, 6) is -0.219. The van der Waals surface area contributed by atoms with Crippen LogP contribution in [0.2, 0.25) is 0 Å². The van der Waals surface area contributed by atoms with Crippen molar-refractivity contribution in [3.05, 3.63) is 5.01 Å². The standard InChI is InChI=1S/C10H16N4O3S2/c1-3-11-10-13-12-8(18-10)9(15)14-4-5-19(16,17)6-7(14)2/h7H,3-6H2,1-2H3,(H,11,13). The first-order chi connectivity index (χ1) is 8.93. The van der Waals surface area contributed by atoms with Gasteiger partial charge in [-0.05, 0) is 13.8 Å². The molecule has 1 aromatic rings. The third kappa shape index (κ3) is 3.21. The van der Waals surface area contributed by atoms with Gasteiger partial charge in [0, 0.05) is 19.1 Å². The van der Waals surface area contributed by atoms with E-state index in [1.54, 1.807) is 11.8 Å². The minimum absolute atomic E-state index is 0.0115. The van der Waals surface area contributed by atoms with Gasteiger partial charge in [-0.2, -0.15) is 0 Å². The van der Waals surface area contributed by atoms with E-state index in [4.69, 9.17) is 0 Å². The average molecular weight is 304 g/mol. The molecule has 19 heavy (non-hydrogen) atoms. The predicted molar refractivity (Wildman–Crippen MR) is 73.2 cm³/mol. The Bertz CT molecular complexity index is 569. The molecule has 1 aliphatic heterocycles. The van der Waals surface area contributed by atoms with E-state index >= 15 is 0 Å². The second-order valence-corrected chi connectivity index (χ2v) is 7.61. The molecule has 1 aliphatic rings. The molecular formula is C10H16N4O3S2. The van der Waals surface area contributed by atoms with Crippen molar-refractivity contribution >= 4 is 32.2 Å². The molecule has 2 heterocycles. The van der Waals surface area contributed by atoms with Crippen LogP contribution in [0.25, 0.3) is 0 Å². The molecule has 1 aromatic heterocycles. The number of amides is 1. The Morgan fingerprint density at radius 1 is 1.53 bits per heavy atom. The molecule has 0 spiro atoms. The van der Waals surface area contributed by atoms with Crippen molar-refractivity contribution in [2.75, 3.05) is 29.9 Å². The average Bonchev–Trinajstić information content (AvgIpc) is 2.76. The third-order valence-electron chi connectivity index (χ3n) is 2.87. The number of sulfone groups is 1. The van der Waals surface area contributed by atoms with E-state index in [-0.39, 0.29) is 30.0 Å². The fourth-order valence-corrected chi connectivity index (χ4v) is 4.28. The summed E-state index contributed by atoms with van der Waals surface area (Å²) in [4.78, 5) is 13.8. The van der Waals surface area contributed by atoms with E-state index < -0.39 is 9.84 Å². The summed E-state index contributed by atoms with van der Waals surface area (Å²) in [6.07, 6.45) is 0. The lowest BCUT2D eigenvalue weighted by molar-refractivity contribution is 0.0711. The van der Waals surface area contributed by atoms with Crippen LogP contribution in [0.3, 0.4) is 0 Å². The largest absolute Gasteiger partial charge is 0.360 e. The van der Waals surface area contributed by atoms with Gasteiger partial charge in [0.25, 0.3) is 5.91 Å². The molecule has 1 fully saturated rings. The molecule has 106 valence electrons. The van der Waals surface area contributed by atoms with Gasteiger partial charge in [0.2, 0.25) is 10.1 Å². The molecule has 0 radical (unpaired) electrons. The van der Waals surface area contributed by atoms with Gasteiger partial charge in [-0.3, -0.25) is 4.79 Å². The van der Waals surface area contributed by atoms with Gasteiger partial charge in [0.05, 0.1) is 11.5 Å². The molecule has 0 saturated carbocycles. The SMILES string of the molecule is CCNc1nnc(C(=O)N2CCS(=O)(=O)CC2C)s1. The molecule has 1 unspecified atom stereocenters. The van der Waals surface area contributed by atoms with Crippen LogP contribution in [0.5, 0.6) is 0 Å². The summed E-state index contributed by atoms with van der Waals surface area (Å²) in [7, 11) is -3.02. The summed E-state index contributed by atoms with van der Waals surface area (Å²) in [6.45, 7) is 4.60. The van der Waals surface area contributed by atoms with Crippen molar-refractivity contribution in [1.82, 2.24) is 15.1 Å². The fraction of sp³-hybridized carbons (Fsp3) is 0.700. The zero-order chi connectivity index (χ0) is 14.0. The molecule has 1 saturated heterocycles. The highest BCUT2D eigenvalue weighted by atomic mass is 32.2. The Kier molecular flexibility index (Phi) is 4.04. The first kappa shape index (κ1) is 14.2. The third-order valence-corrected chi connectivity index (χ3v) is 5.53. The minimum Gasteiger partial charge on any atom is -0.360 e. The van der Waals surface area contributed by atoms with Crippen molar-refractivity contribution < 1.29 is 13.2 Å². The highest BCUT2D eigenvalue weighted by molar-refractivity contribution is 7.91. The van der Waals surface area contributed by atoms with E-state index in [1.165, 1.54) is 11.3 Å². The highest BCUT2D eigenvalue weighted by Gasteiger charge is 2.33. The second kappa shape index (κ2) is 5.41. The van der Waals surface area contributed by atoms with E-state index in [1.807, 2.05) is 6.92 Å². The molecule has 1 atom stereocenters. The van der Waals surface area contributed by atoms with Crippen LogP contribution in [0.15, 0.2) is 0 Å². The van der Waals surface area contributed by atoms with Gasteiger partial charge in [0.15, 0.2) is 9.84 Å². The van der Waals surface area contributed by atoms with Gasteiger partial charge < -0.3 is 10.2 Å². The van der Waals surface area contributed by atoms with Crippen molar-refractivity contribution in [3.63, 3.8) is 0 Å². The number of nitrogens with one attached hydrogen (secondary N) is 1. The highest BCUT2D eigenvalue weighted by Crippen LogP contribution is 2.20. The quantitative estimate of drug-likeness (QED) is 0.859. The molecule has 0 aromatic carbocycles. The number of hydrogen-bond acceptors (Lipinski definition) is 7. The number of hydrogen-bond donors (Lipinski definition) is 1. The maximum Gasteiger partial charge on any atom is 0.285 e. The maximum absolute atomic E-state index is 12.2. The van der Waals surface area contributed by atoms with E-state index in [0.29, 0.717) is 16.7 Å². The summed E-state index contributed by atoms with van der Waals surface area (Å²) in [6, 6.07) is -0.322. The number of anilines is 1. The lowest BCUT2D eigenvalue weighted by Gasteiger charge is -2.32. The molecule has 0 aliphatic carbocycles. The Hall–Kier alpha value is -1.22. The monoisotopic (exact) mass is 304 g/mol. The van der Waals surface area contributed by atoms with E-state index in [0.717, 1.165) is 0 Å². The predicted octanol–water partition coefficient (Wildman–Crippen LogP) is 0.229. The molecule has 1 N–H and O–H groups in total. The van der Waals surface area contributed by atoms with Crippen molar-refractivity contribution in [2.45, 2.75) is 19.9 Å². The number of aromatic nitrogens is 2. The van der Waals surface area contributed by atoms with Crippen molar-refractivity contribution in [1.29, 1.82) is 0 Å². The first-order valence-corrected chi connectivity index (χ1v) is 8.65. The van der Waals surface area contributed by atoms with Gasteiger partial charge >= 0.3 is 0 Å². The fourth-order valence-electron chi connectivity index (χ4n) is 1.96. The number of nitrogens with zero attached hydrogens (tertiary/aromatic N) is 3. The van der Waals surface area contributed by atoms with Crippen LogP contribution in [0.4, 0.5) is 5.13 Å². The minimum atomic E-state index is -3.02. The molecule has 9 heteroatoms. The number of rotatable bonds is 3. The van der Waals surface area contributed by atoms with Crippen LogP contribution in [0, 0.1) is 0 Å². The molecular weight excluding hydrogens is 288 g/mol. The molecule has 1 amide bonds. The zero-order valence-corrected chi connectivity index (χ0v) is 12.4. The van der Waals surface area contributed by atoms with Crippen LogP contribution in [-0.2, 0) is 9.84 Å². The van der Waals surface area contributed by atoms with Crippen LogP contribution < -0.4 is 5.32 Å². The Morgan fingerprint density at radius 3 is 2.89 bits per heavy atom. The Morgan fingerprint density at radius 2 is 2.26 bits per heavy atom. The summed E-state index contributed by atoms with van der Waals surface area (Å²) in [5, 5.41) is 11.6. The van der Waals surface area contributed by atoms with Crippen molar-refractivity contribution in [2.24, 2.45) is 0 Å². The molecule has 7 nitrogen and oxygen atoms in total. The van der Waals surface area contributed by atoms with E-state index in [2.05, 4.69) is 15.5 Å². The Labute approximate surface area is 115 Å². The Balaban J connectivity index is 2.11. The zero-order valence-electron chi connectivity index (χ0n) is 10.8. The van der Waals surface area contributed by atoms with Gasteiger partial charge in [-0.1, -0.05) is 11.3 Å². The molecule has 0 bridgehead atoms. The maximum atomic E-state index is 12.2.